The van der Waals surface area contributed by atoms with E-state index in [9.17, 15) is 4.79 Å². The van der Waals surface area contributed by atoms with E-state index < -0.39 is 6.10 Å². The predicted octanol–water partition coefficient (Wildman–Crippen LogP) is 3.73. The zero-order valence-corrected chi connectivity index (χ0v) is 12.9. The minimum absolute atomic E-state index is 0.254. The standard InChI is InChI=1S/C16H13BrN2O2/c1-11(21-15-7-2-4-12(8-15)10-18)16(20)19-14-6-3-5-13(17)9-14/h2-9,11H,1H3,(H,19,20)/t11-/m0/s1. The van der Waals surface area contributed by atoms with Crippen molar-refractivity contribution in [2.24, 2.45) is 0 Å². The molecule has 0 aliphatic heterocycles. The molecule has 0 aromatic heterocycles. The third kappa shape index (κ3) is 4.33. The monoisotopic (exact) mass is 344 g/mol. The SMILES string of the molecule is C[C@H](Oc1cccc(C#N)c1)C(=O)Nc1cccc(Br)c1. The molecule has 0 spiro atoms. The fourth-order valence-electron chi connectivity index (χ4n) is 1.71. The number of nitrogens with zero attached hydrogens (tertiary/aromatic N) is 1. The largest absolute Gasteiger partial charge is 0.481 e. The zero-order chi connectivity index (χ0) is 15.2. The van der Waals surface area contributed by atoms with Crippen molar-refractivity contribution in [3.05, 3.63) is 58.6 Å². The highest BCUT2D eigenvalue weighted by Crippen LogP contribution is 2.17. The third-order valence-corrected chi connectivity index (χ3v) is 3.23. The van der Waals surface area contributed by atoms with E-state index in [-0.39, 0.29) is 5.91 Å². The van der Waals surface area contributed by atoms with Crippen molar-refractivity contribution in [1.29, 1.82) is 5.26 Å². The summed E-state index contributed by atoms with van der Waals surface area (Å²) in [6.45, 7) is 1.66. The third-order valence-electron chi connectivity index (χ3n) is 2.74. The molecule has 2 rings (SSSR count). The second-order valence-corrected chi connectivity index (χ2v) is 5.31. The molecule has 1 N–H and O–H groups in total. The number of carbonyl (C=O) groups is 1. The first-order chi connectivity index (χ1) is 10.1. The average molecular weight is 345 g/mol. The van der Waals surface area contributed by atoms with E-state index >= 15 is 0 Å². The van der Waals surface area contributed by atoms with Gasteiger partial charge in [0, 0.05) is 10.2 Å². The Balaban J connectivity index is 2.01. The predicted molar refractivity (Wildman–Crippen MR) is 84.0 cm³/mol. The summed E-state index contributed by atoms with van der Waals surface area (Å²) in [7, 11) is 0. The minimum Gasteiger partial charge on any atom is -0.481 e. The summed E-state index contributed by atoms with van der Waals surface area (Å²) < 4.78 is 6.43. The second kappa shape index (κ2) is 6.91. The van der Waals surface area contributed by atoms with Crippen LogP contribution in [0.1, 0.15) is 12.5 Å². The Kier molecular flexibility index (Phi) is 4.96. The van der Waals surface area contributed by atoms with Gasteiger partial charge in [0.15, 0.2) is 6.10 Å². The number of benzene rings is 2. The molecule has 0 heterocycles. The van der Waals surface area contributed by atoms with Crippen molar-refractivity contribution >= 4 is 27.5 Å². The molecule has 0 saturated carbocycles. The molecule has 1 atom stereocenters. The molecule has 2 aromatic rings. The van der Waals surface area contributed by atoms with Gasteiger partial charge in [-0.25, -0.2) is 0 Å². The van der Waals surface area contributed by atoms with Gasteiger partial charge in [0.2, 0.25) is 0 Å². The van der Waals surface area contributed by atoms with Gasteiger partial charge in [0.05, 0.1) is 11.6 Å². The van der Waals surface area contributed by atoms with Crippen molar-refractivity contribution in [2.45, 2.75) is 13.0 Å². The van der Waals surface area contributed by atoms with Gasteiger partial charge in [-0.3, -0.25) is 4.79 Å². The minimum atomic E-state index is -0.669. The second-order valence-electron chi connectivity index (χ2n) is 4.40. The molecule has 5 heteroatoms. The molecule has 0 unspecified atom stereocenters. The number of hydrogen-bond acceptors (Lipinski definition) is 3. The fourth-order valence-corrected chi connectivity index (χ4v) is 2.11. The topological polar surface area (TPSA) is 62.1 Å². The number of rotatable bonds is 4. The van der Waals surface area contributed by atoms with E-state index in [2.05, 4.69) is 21.2 Å². The maximum atomic E-state index is 12.1. The van der Waals surface area contributed by atoms with Crippen LogP contribution in [-0.2, 0) is 4.79 Å². The summed E-state index contributed by atoms with van der Waals surface area (Å²) in [5.74, 6) is 0.237. The average Bonchev–Trinajstić information content (AvgIpc) is 2.47. The Labute approximate surface area is 131 Å². The first-order valence-electron chi connectivity index (χ1n) is 6.32. The van der Waals surface area contributed by atoms with Gasteiger partial charge in [-0.15, -0.1) is 0 Å². The van der Waals surface area contributed by atoms with Crippen molar-refractivity contribution < 1.29 is 9.53 Å². The molecule has 4 nitrogen and oxygen atoms in total. The number of hydrogen-bond donors (Lipinski definition) is 1. The van der Waals surface area contributed by atoms with Crippen LogP contribution in [0.4, 0.5) is 5.69 Å². The van der Waals surface area contributed by atoms with E-state index in [1.807, 2.05) is 18.2 Å². The van der Waals surface area contributed by atoms with Crippen LogP contribution >= 0.6 is 15.9 Å². The molecule has 0 saturated heterocycles. The quantitative estimate of drug-likeness (QED) is 0.919. The normalized spacial score (nSPS) is 11.3. The van der Waals surface area contributed by atoms with Crippen molar-refractivity contribution in [1.82, 2.24) is 0 Å². The maximum absolute atomic E-state index is 12.1. The van der Waals surface area contributed by atoms with Crippen molar-refractivity contribution in [3.8, 4) is 11.8 Å². The van der Waals surface area contributed by atoms with Gasteiger partial charge in [0.1, 0.15) is 5.75 Å². The van der Waals surface area contributed by atoms with Gasteiger partial charge < -0.3 is 10.1 Å². The number of nitrogens with one attached hydrogen (secondary N) is 1. The van der Waals surface area contributed by atoms with Gasteiger partial charge in [-0.1, -0.05) is 28.1 Å². The highest BCUT2D eigenvalue weighted by atomic mass is 79.9. The lowest BCUT2D eigenvalue weighted by Gasteiger charge is -2.15. The zero-order valence-electron chi connectivity index (χ0n) is 11.3. The lowest BCUT2D eigenvalue weighted by molar-refractivity contribution is -0.122. The van der Waals surface area contributed by atoms with E-state index in [0.717, 1.165) is 4.47 Å². The lowest BCUT2D eigenvalue weighted by Crippen LogP contribution is -2.30. The van der Waals surface area contributed by atoms with Crippen LogP contribution in [0.3, 0.4) is 0 Å². The van der Waals surface area contributed by atoms with E-state index in [0.29, 0.717) is 17.0 Å². The lowest BCUT2D eigenvalue weighted by atomic mass is 10.2. The van der Waals surface area contributed by atoms with Crippen LogP contribution in [0.25, 0.3) is 0 Å². The van der Waals surface area contributed by atoms with Crippen LogP contribution in [0.5, 0.6) is 5.75 Å². The fraction of sp³-hybridized carbons (Fsp3) is 0.125. The van der Waals surface area contributed by atoms with Crippen LogP contribution in [0, 0.1) is 11.3 Å². The summed E-state index contributed by atoms with van der Waals surface area (Å²) >= 11 is 3.35. The number of nitriles is 1. The highest BCUT2D eigenvalue weighted by molar-refractivity contribution is 9.10. The molecule has 0 radical (unpaired) electrons. The first kappa shape index (κ1) is 15.1. The number of halogens is 1. The summed E-state index contributed by atoms with van der Waals surface area (Å²) in [4.78, 5) is 12.1. The van der Waals surface area contributed by atoms with E-state index in [1.54, 1.807) is 43.3 Å². The molecule has 0 aliphatic carbocycles. The van der Waals surface area contributed by atoms with E-state index in [4.69, 9.17) is 10.00 Å². The van der Waals surface area contributed by atoms with Gasteiger partial charge in [-0.2, -0.15) is 5.26 Å². The molecular formula is C16H13BrN2O2. The van der Waals surface area contributed by atoms with Gasteiger partial charge in [-0.05, 0) is 43.3 Å². The molecule has 1 amide bonds. The molecule has 2 aromatic carbocycles. The number of carbonyl (C=O) groups excluding carboxylic acids is 1. The Bertz CT molecular complexity index is 695. The Hall–Kier alpha value is -2.32. The van der Waals surface area contributed by atoms with Gasteiger partial charge in [0.25, 0.3) is 5.91 Å². The summed E-state index contributed by atoms with van der Waals surface area (Å²) in [6, 6.07) is 16.1. The molecular weight excluding hydrogens is 332 g/mol. The molecule has 106 valence electrons. The highest BCUT2D eigenvalue weighted by Gasteiger charge is 2.15. The van der Waals surface area contributed by atoms with Crippen molar-refractivity contribution in [2.75, 3.05) is 5.32 Å². The molecule has 0 aliphatic rings. The maximum Gasteiger partial charge on any atom is 0.265 e. The van der Waals surface area contributed by atoms with Crippen LogP contribution < -0.4 is 10.1 Å². The molecule has 0 bridgehead atoms. The molecule has 21 heavy (non-hydrogen) atoms. The number of ether oxygens (including phenoxy) is 1. The van der Waals surface area contributed by atoms with E-state index in [1.165, 1.54) is 0 Å². The first-order valence-corrected chi connectivity index (χ1v) is 7.11. The Morgan fingerprint density at radius 3 is 2.76 bits per heavy atom. The Morgan fingerprint density at radius 2 is 2.05 bits per heavy atom. The Morgan fingerprint density at radius 1 is 1.29 bits per heavy atom. The smallest absolute Gasteiger partial charge is 0.265 e. The summed E-state index contributed by atoms with van der Waals surface area (Å²) in [5, 5.41) is 11.6. The van der Waals surface area contributed by atoms with Crippen molar-refractivity contribution in [3.63, 3.8) is 0 Å². The van der Waals surface area contributed by atoms with Crippen LogP contribution in [-0.4, -0.2) is 12.0 Å². The summed E-state index contributed by atoms with van der Waals surface area (Å²) in [6.07, 6.45) is -0.669. The number of anilines is 1. The number of amides is 1. The summed E-state index contributed by atoms with van der Waals surface area (Å²) in [5.41, 5.74) is 1.18. The van der Waals surface area contributed by atoms with Crippen LogP contribution in [0.15, 0.2) is 53.0 Å². The van der Waals surface area contributed by atoms with Gasteiger partial charge >= 0.3 is 0 Å². The molecule has 0 fully saturated rings. The van der Waals surface area contributed by atoms with Crippen LogP contribution in [0.2, 0.25) is 0 Å².